The van der Waals surface area contributed by atoms with Crippen LogP contribution >= 0.6 is 22.9 Å². The molecule has 0 fully saturated rings. The highest BCUT2D eigenvalue weighted by Gasteiger charge is 2.34. The molecule has 0 bridgehead atoms. The lowest BCUT2D eigenvalue weighted by atomic mass is 9.92. The molecule has 136 valence electrons. The molecule has 0 aliphatic rings. The van der Waals surface area contributed by atoms with Crippen LogP contribution in [-0.2, 0) is 25.0 Å². The summed E-state index contributed by atoms with van der Waals surface area (Å²) in [6, 6.07) is 4.67. The fraction of sp³-hybridized carbons (Fsp3) is 0.375. The van der Waals surface area contributed by atoms with Crippen molar-refractivity contribution in [3.05, 3.63) is 39.9 Å². The Balaban J connectivity index is 2.29. The lowest BCUT2D eigenvalue weighted by Gasteiger charge is -2.19. The number of rotatable bonds is 6. The van der Waals surface area contributed by atoms with Gasteiger partial charge in [0.1, 0.15) is 0 Å². The first-order valence-electron chi connectivity index (χ1n) is 7.51. The number of esters is 1. The van der Waals surface area contributed by atoms with Crippen molar-refractivity contribution in [2.24, 2.45) is 0 Å². The summed E-state index contributed by atoms with van der Waals surface area (Å²) in [4.78, 5) is 16.8. The fourth-order valence-corrected chi connectivity index (χ4v) is 4.72. The van der Waals surface area contributed by atoms with Crippen LogP contribution in [0.4, 0.5) is 5.13 Å². The van der Waals surface area contributed by atoms with Crippen LogP contribution in [0.5, 0.6) is 0 Å². The quantitative estimate of drug-likeness (QED) is 0.743. The van der Waals surface area contributed by atoms with Gasteiger partial charge in [0.15, 0.2) is 5.13 Å². The molecule has 25 heavy (non-hydrogen) atoms. The number of ether oxygens (including phenoxy) is 1. The number of nitrogens with zero attached hydrogens (tertiary/aromatic N) is 1. The minimum absolute atomic E-state index is 0.0846. The second-order valence-electron chi connectivity index (χ2n) is 5.84. The zero-order chi connectivity index (χ0) is 18.8. The molecule has 0 saturated carbocycles. The normalized spacial score (nSPS) is 12.0. The lowest BCUT2D eigenvalue weighted by Crippen LogP contribution is -2.30. The van der Waals surface area contributed by atoms with Gasteiger partial charge in [-0.2, -0.15) is 0 Å². The molecular weight excluding hydrogens is 384 g/mol. The van der Waals surface area contributed by atoms with Crippen molar-refractivity contribution in [3.8, 4) is 0 Å². The van der Waals surface area contributed by atoms with Gasteiger partial charge in [-0.05, 0) is 45.4 Å². The maximum atomic E-state index is 12.6. The molecule has 1 N–H and O–H groups in total. The molecule has 0 aliphatic carbocycles. The third-order valence-corrected chi connectivity index (χ3v) is 6.90. The highest BCUT2D eigenvalue weighted by atomic mass is 35.5. The first-order chi connectivity index (χ1) is 11.6. The maximum Gasteiger partial charge on any atom is 0.316 e. The van der Waals surface area contributed by atoms with Crippen LogP contribution in [-0.4, -0.2) is 26.0 Å². The van der Waals surface area contributed by atoms with Crippen molar-refractivity contribution in [2.75, 3.05) is 11.3 Å². The summed E-state index contributed by atoms with van der Waals surface area (Å²) >= 11 is 7.09. The molecule has 1 heterocycles. The average Bonchev–Trinajstić information content (AvgIpc) is 2.98. The number of hydrogen-bond acceptors (Lipinski definition) is 6. The molecule has 0 unspecified atom stereocenters. The Morgan fingerprint density at radius 1 is 1.40 bits per heavy atom. The molecule has 0 radical (unpaired) electrons. The first kappa shape index (κ1) is 19.7. The molecular formula is C16H19ClN2O4S2. The number of sulfonamides is 1. The minimum Gasteiger partial charge on any atom is -0.465 e. The molecule has 2 aromatic rings. The van der Waals surface area contributed by atoms with Crippen molar-refractivity contribution in [1.82, 2.24) is 4.98 Å². The zero-order valence-electron chi connectivity index (χ0n) is 14.3. The van der Waals surface area contributed by atoms with Gasteiger partial charge < -0.3 is 4.74 Å². The van der Waals surface area contributed by atoms with E-state index in [0.717, 1.165) is 11.3 Å². The van der Waals surface area contributed by atoms with Crippen LogP contribution in [0.2, 0.25) is 5.02 Å². The standard InChI is InChI=1S/C16H19ClN2O4S2/c1-5-23-14(20)16(3,4)13-9-18-15(24-13)19-25(21,22)12-8-6-7-11(17)10(12)2/h6-9H,5H2,1-4H3,(H,18,19). The van der Waals surface area contributed by atoms with E-state index in [1.807, 2.05) is 0 Å². The number of carbonyl (C=O) groups excluding carboxylic acids is 1. The summed E-state index contributed by atoms with van der Waals surface area (Å²) in [5.74, 6) is -0.390. The first-order valence-corrected chi connectivity index (χ1v) is 10.2. The Hall–Kier alpha value is -1.64. The Bertz CT molecular complexity index is 891. The monoisotopic (exact) mass is 402 g/mol. The van der Waals surface area contributed by atoms with Crippen LogP contribution in [0, 0.1) is 6.92 Å². The summed E-state index contributed by atoms with van der Waals surface area (Å²) in [5, 5.41) is 0.540. The number of anilines is 1. The minimum atomic E-state index is -3.83. The Morgan fingerprint density at radius 3 is 2.72 bits per heavy atom. The van der Waals surface area contributed by atoms with Crippen molar-refractivity contribution < 1.29 is 17.9 Å². The number of halogens is 1. The smallest absolute Gasteiger partial charge is 0.316 e. The predicted octanol–water partition coefficient (Wildman–Crippen LogP) is 3.75. The molecule has 0 saturated heterocycles. The molecule has 0 aliphatic heterocycles. The second-order valence-corrected chi connectivity index (χ2v) is 8.93. The molecule has 1 aromatic heterocycles. The zero-order valence-corrected chi connectivity index (χ0v) is 16.7. The van der Waals surface area contributed by atoms with Gasteiger partial charge in [0.2, 0.25) is 0 Å². The van der Waals surface area contributed by atoms with Crippen molar-refractivity contribution >= 4 is 44.1 Å². The number of aromatic nitrogens is 1. The van der Waals surface area contributed by atoms with E-state index in [4.69, 9.17) is 16.3 Å². The van der Waals surface area contributed by atoms with Gasteiger partial charge in [0, 0.05) is 16.1 Å². The molecule has 1 aromatic carbocycles. The van der Waals surface area contributed by atoms with E-state index < -0.39 is 21.4 Å². The summed E-state index contributed by atoms with van der Waals surface area (Å²) in [5.41, 5.74) is -0.455. The lowest BCUT2D eigenvalue weighted by molar-refractivity contribution is -0.148. The van der Waals surface area contributed by atoms with Gasteiger partial charge in [-0.3, -0.25) is 9.52 Å². The number of nitrogens with one attached hydrogen (secondary N) is 1. The van der Waals surface area contributed by atoms with E-state index in [9.17, 15) is 13.2 Å². The SMILES string of the molecule is CCOC(=O)C(C)(C)c1cnc(NS(=O)(=O)c2cccc(Cl)c2C)s1. The third-order valence-electron chi connectivity index (χ3n) is 3.64. The van der Waals surface area contributed by atoms with Gasteiger partial charge >= 0.3 is 5.97 Å². The van der Waals surface area contributed by atoms with Gasteiger partial charge in [-0.1, -0.05) is 17.7 Å². The molecule has 0 spiro atoms. The number of hydrogen-bond donors (Lipinski definition) is 1. The molecule has 9 heteroatoms. The molecule has 0 atom stereocenters. The number of benzene rings is 1. The van der Waals surface area contributed by atoms with Crippen LogP contribution in [0.15, 0.2) is 29.3 Å². The van der Waals surface area contributed by atoms with E-state index in [1.54, 1.807) is 39.8 Å². The van der Waals surface area contributed by atoms with E-state index in [-0.39, 0.29) is 16.6 Å². The third kappa shape index (κ3) is 4.13. The summed E-state index contributed by atoms with van der Waals surface area (Å²) in [7, 11) is -3.83. The van der Waals surface area contributed by atoms with Gasteiger partial charge in [0.05, 0.1) is 16.9 Å². The van der Waals surface area contributed by atoms with E-state index in [0.29, 0.717) is 15.5 Å². The molecule has 0 amide bonds. The van der Waals surface area contributed by atoms with Crippen LogP contribution in [0.25, 0.3) is 0 Å². The number of carbonyl (C=O) groups is 1. The largest absolute Gasteiger partial charge is 0.465 e. The average molecular weight is 403 g/mol. The Labute approximate surface area is 156 Å². The predicted molar refractivity (Wildman–Crippen MR) is 98.8 cm³/mol. The van der Waals surface area contributed by atoms with Crippen molar-refractivity contribution in [3.63, 3.8) is 0 Å². The van der Waals surface area contributed by atoms with E-state index >= 15 is 0 Å². The van der Waals surface area contributed by atoms with E-state index in [1.165, 1.54) is 12.3 Å². The summed E-state index contributed by atoms with van der Waals surface area (Å²) < 4.78 is 32.6. The number of thiazole rings is 1. The van der Waals surface area contributed by atoms with E-state index in [2.05, 4.69) is 9.71 Å². The van der Waals surface area contributed by atoms with Gasteiger partial charge in [-0.15, -0.1) is 11.3 Å². The second kappa shape index (κ2) is 7.31. The highest BCUT2D eigenvalue weighted by Crippen LogP contribution is 2.33. The Kier molecular flexibility index (Phi) is 5.75. The summed E-state index contributed by atoms with van der Waals surface area (Å²) in [6.45, 7) is 7.05. The van der Waals surface area contributed by atoms with Crippen LogP contribution in [0.3, 0.4) is 0 Å². The van der Waals surface area contributed by atoms with Crippen LogP contribution in [0.1, 0.15) is 31.2 Å². The Morgan fingerprint density at radius 2 is 2.08 bits per heavy atom. The highest BCUT2D eigenvalue weighted by molar-refractivity contribution is 7.93. The van der Waals surface area contributed by atoms with Crippen LogP contribution < -0.4 is 4.72 Å². The van der Waals surface area contributed by atoms with Crippen molar-refractivity contribution in [1.29, 1.82) is 0 Å². The molecule has 6 nitrogen and oxygen atoms in total. The maximum absolute atomic E-state index is 12.6. The van der Waals surface area contributed by atoms with Crippen molar-refractivity contribution in [2.45, 2.75) is 38.0 Å². The summed E-state index contributed by atoms with van der Waals surface area (Å²) in [6.07, 6.45) is 1.48. The fourth-order valence-electron chi connectivity index (χ4n) is 2.07. The topological polar surface area (TPSA) is 85.4 Å². The molecule has 2 rings (SSSR count). The van der Waals surface area contributed by atoms with Gasteiger partial charge in [-0.25, -0.2) is 13.4 Å². The van der Waals surface area contributed by atoms with Gasteiger partial charge in [0.25, 0.3) is 10.0 Å².